The van der Waals surface area contributed by atoms with Gasteiger partial charge in [-0.1, -0.05) is 41.9 Å². The first-order valence-corrected chi connectivity index (χ1v) is 6.93. The molecule has 0 spiro atoms. The summed E-state index contributed by atoms with van der Waals surface area (Å²) in [7, 11) is 0. The Hall–Kier alpha value is -1.84. The zero-order chi connectivity index (χ0) is 13.7. The van der Waals surface area contributed by atoms with E-state index >= 15 is 0 Å². The lowest BCUT2D eigenvalue weighted by Crippen LogP contribution is -2.40. The first-order chi connectivity index (χ1) is 9.73. The van der Waals surface area contributed by atoms with Crippen LogP contribution in [0.5, 0.6) is 0 Å². The van der Waals surface area contributed by atoms with E-state index in [0.717, 1.165) is 11.1 Å². The van der Waals surface area contributed by atoms with E-state index in [4.69, 9.17) is 16.3 Å². The molecule has 2 aliphatic heterocycles. The number of fused-ring (bicyclic) bond motifs is 3. The standard InChI is InChI=1S/C16H12ClNO2/c17-12-6-7-13-14(10-12)16(11-4-2-1-3-5-11)18(15(13)19)8-9-20-16/h1-7,10H,8-9H2. The fourth-order valence-electron chi connectivity index (χ4n) is 3.18. The molecule has 3 nitrogen and oxygen atoms in total. The zero-order valence-corrected chi connectivity index (χ0v) is 11.4. The molecular weight excluding hydrogens is 274 g/mol. The van der Waals surface area contributed by atoms with Gasteiger partial charge in [0.25, 0.3) is 5.91 Å². The van der Waals surface area contributed by atoms with Crippen molar-refractivity contribution < 1.29 is 9.53 Å². The molecule has 1 atom stereocenters. The van der Waals surface area contributed by atoms with Crippen LogP contribution in [0.2, 0.25) is 5.02 Å². The predicted molar refractivity (Wildman–Crippen MR) is 75.7 cm³/mol. The minimum Gasteiger partial charge on any atom is -0.345 e. The molecular formula is C16H12ClNO2. The van der Waals surface area contributed by atoms with E-state index in [0.29, 0.717) is 23.7 Å². The zero-order valence-electron chi connectivity index (χ0n) is 10.7. The van der Waals surface area contributed by atoms with Crippen molar-refractivity contribution in [1.82, 2.24) is 4.90 Å². The quantitative estimate of drug-likeness (QED) is 0.806. The molecule has 2 aromatic carbocycles. The summed E-state index contributed by atoms with van der Waals surface area (Å²) in [6.45, 7) is 1.13. The minimum atomic E-state index is -0.807. The Bertz CT molecular complexity index is 701. The molecule has 4 rings (SSSR count). The second-order valence-corrected chi connectivity index (χ2v) is 5.44. The maximum Gasteiger partial charge on any atom is 0.257 e. The molecule has 2 heterocycles. The number of carbonyl (C=O) groups excluding carboxylic acids is 1. The van der Waals surface area contributed by atoms with E-state index in [2.05, 4.69) is 0 Å². The molecule has 1 unspecified atom stereocenters. The van der Waals surface area contributed by atoms with Crippen molar-refractivity contribution in [3.63, 3.8) is 0 Å². The molecule has 1 amide bonds. The van der Waals surface area contributed by atoms with Crippen LogP contribution in [-0.4, -0.2) is 24.0 Å². The van der Waals surface area contributed by atoms with Crippen molar-refractivity contribution in [3.8, 4) is 0 Å². The van der Waals surface area contributed by atoms with Gasteiger partial charge in [0.2, 0.25) is 0 Å². The Balaban J connectivity index is 2.03. The molecule has 4 heteroatoms. The number of hydrogen-bond donors (Lipinski definition) is 0. The Morgan fingerprint density at radius 1 is 1.15 bits per heavy atom. The van der Waals surface area contributed by atoms with Crippen LogP contribution in [0, 0.1) is 0 Å². The largest absolute Gasteiger partial charge is 0.345 e. The van der Waals surface area contributed by atoms with Gasteiger partial charge in [-0.15, -0.1) is 0 Å². The fraction of sp³-hybridized carbons (Fsp3) is 0.188. The lowest BCUT2D eigenvalue weighted by molar-refractivity contribution is -0.0304. The number of amides is 1. The highest BCUT2D eigenvalue weighted by atomic mass is 35.5. The molecule has 20 heavy (non-hydrogen) atoms. The van der Waals surface area contributed by atoms with E-state index in [-0.39, 0.29) is 5.91 Å². The SMILES string of the molecule is O=C1c2ccc(Cl)cc2C2(c3ccccc3)OCCN12. The van der Waals surface area contributed by atoms with Crippen molar-refractivity contribution in [2.24, 2.45) is 0 Å². The molecule has 0 aliphatic carbocycles. The highest BCUT2D eigenvalue weighted by Crippen LogP contribution is 2.48. The topological polar surface area (TPSA) is 29.5 Å². The van der Waals surface area contributed by atoms with E-state index in [1.54, 1.807) is 17.0 Å². The minimum absolute atomic E-state index is 0.0121. The van der Waals surface area contributed by atoms with Crippen molar-refractivity contribution in [2.45, 2.75) is 5.72 Å². The van der Waals surface area contributed by atoms with Gasteiger partial charge in [-0.2, -0.15) is 0 Å². The number of nitrogens with zero attached hydrogens (tertiary/aromatic N) is 1. The molecule has 1 fully saturated rings. The summed E-state index contributed by atoms with van der Waals surface area (Å²) in [5, 5.41) is 0.615. The summed E-state index contributed by atoms with van der Waals surface area (Å²) >= 11 is 6.13. The summed E-state index contributed by atoms with van der Waals surface area (Å²) in [4.78, 5) is 14.4. The van der Waals surface area contributed by atoms with E-state index in [1.165, 1.54) is 0 Å². The van der Waals surface area contributed by atoms with Crippen molar-refractivity contribution in [2.75, 3.05) is 13.2 Å². The molecule has 0 bridgehead atoms. The van der Waals surface area contributed by atoms with E-state index in [9.17, 15) is 4.79 Å². The van der Waals surface area contributed by atoms with Crippen molar-refractivity contribution in [1.29, 1.82) is 0 Å². The van der Waals surface area contributed by atoms with Crippen LogP contribution >= 0.6 is 11.6 Å². The summed E-state index contributed by atoms with van der Waals surface area (Å²) in [6, 6.07) is 15.2. The van der Waals surface area contributed by atoms with Gasteiger partial charge in [0.1, 0.15) is 0 Å². The summed E-state index contributed by atoms with van der Waals surface area (Å²) in [5.41, 5.74) is 1.68. The maximum absolute atomic E-state index is 12.6. The second-order valence-electron chi connectivity index (χ2n) is 5.01. The van der Waals surface area contributed by atoms with Gasteiger partial charge in [-0.3, -0.25) is 9.69 Å². The fourth-order valence-corrected chi connectivity index (χ4v) is 3.35. The summed E-state index contributed by atoms with van der Waals surface area (Å²) in [5.74, 6) is 0.0121. The smallest absolute Gasteiger partial charge is 0.257 e. The van der Waals surface area contributed by atoms with Crippen LogP contribution in [-0.2, 0) is 10.5 Å². The molecule has 0 saturated carbocycles. The number of carbonyl (C=O) groups is 1. The Morgan fingerprint density at radius 2 is 1.95 bits per heavy atom. The first-order valence-electron chi connectivity index (χ1n) is 6.55. The van der Waals surface area contributed by atoms with E-state index in [1.807, 2.05) is 36.4 Å². The van der Waals surface area contributed by atoms with Crippen LogP contribution in [0.15, 0.2) is 48.5 Å². The Morgan fingerprint density at radius 3 is 2.75 bits per heavy atom. The molecule has 0 aromatic heterocycles. The van der Waals surface area contributed by atoms with Gasteiger partial charge < -0.3 is 4.74 Å². The van der Waals surface area contributed by atoms with Crippen LogP contribution in [0.1, 0.15) is 21.5 Å². The maximum atomic E-state index is 12.6. The van der Waals surface area contributed by atoms with Gasteiger partial charge in [-0.25, -0.2) is 0 Å². The third kappa shape index (κ3) is 1.37. The number of halogens is 1. The lowest BCUT2D eigenvalue weighted by atomic mass is 9.94. The highest BCUT2D eigenvalue weighted by molar-refractivity contribution is 6.30. The summed E-state index contributed by atoms with van der Waals surface area (Å²) in [6.07, 6.45) is 0. The molecule has 0 N–H and O–H groups in total. The van der Waals surface area contributed by atoms with Gasteiger partial charge in [-0.05, 0) is 18.2 Å². The molecule has 100 valence electrons. The predicted octanol–water partition coefficient (Wildman–Crippen LogP) is 3.03. The molecule has 1 saturated heterocycles. The number of ether oxygens (including phenoxy) is 1. The number of benzene rings is 2. The first kappa shape index (κ1) is 11.9. The summed E-state index contributed by atoms with van der Waals surface area (Å²) < 4.78 is 6.05. The van der Waals surface area contributed by atoms with Gasteiger partial charge in [0.15, 0.2) is 5.72 Å². The van der Waals surface area contributed by atoms with E-state index < -0.39 is 5.72 Å². The lowest BCUT2D eigenvalue weighted by Gasteiger charge is -2.32. The normalized spacial score (nSPS) is 23.9. The van der Waals surface area contributed by atoms with Gasteiger partial charge in [0.05, 0.1) is 6.61 Å². The van der Waals surface area contributed by atoms with Crippen LogP contribution in [0.25, 0.3) is 0 Å². The Kier molecular flexibility index (Phi) is 2.43. The van der Waals surface area contributed by atoms with Gasteiger partial charge in [0, 0.05) is 28.3 Å². The second kappa shape index (κ2) is 4.08. The third-order valence-corrected chi connectivity index (χ3v) is 4.23. The molecule has 0 radical (unpaired) electrons. The Labute approximate surface area is 121 Å². The monoisotopic (exact) mass is 285 g/mol. The highest BCUT2D eigenvalue weighted by Gasteiger charge is 2.55. The van der Waals surface area contributed by atoms with Crippen LogP contribution < -0.4 is 0 Å². The third-order valence-electron chi connectivity index (χ3n) is 3.99. The number of rotatable bonds is 1. The molecule has 2 aliphatic rings. The molecule has 2 aromatic rings. The van der Waals surface area contributed by atoms with Crippen LogP contribution in [0.3, 0.4) is 0 Å². The average molecular weight is 286 g/mol. The van der Waals surface area contributed by atoms with Crippen molar-refractivity contribution in [3.05, 3.63) is 70.2 Å². The number of hydrogen-bond acceptors (Lipinski definition) is 2. The van der Waals surface area contributed by atoms with Gasteiger partial charge >= 0.3 is 0 Å². The average Bonchev–Trinajstić information content (AvgIpc) is 3.01. The van der Waals surface area contributed by atoms with Crippen molar-refractivity contribution >= 4 is 17.5 Å². The van der Waals surface area contributed by atoms with Crippen LogP contribution in [0.4, 0.5) is 0 Å².